The summed E-state index contributed by atoms with van der Waals surface area (Å²) in [6, 6.07) is 6.66. The van der Waals surface area contributed by atoms with Crippen LogP contribution in [0.4, 0.5) is 19.0 Å². The van der Waals surface area contributed by atoms with Crippen LogP contribution >= 0.6 is 0 Å². The van der Waals surface area contributed by atoms with E-state index < -0.39 is 30.0 Å². The minimum absolute atomic E-state index is 0.0720. The van der Waals surface area contributed by atoms with Crippen molar-refractivity contribution >= 4 is 16.7 Å². The van der Waals surface area contributed by atoms with Gasteiger partial charge in [0.2, 0.25) is 0 Å². The molecule has 0 spiro atoms. The Morgan fingerprint density at radius 2 is 1.79 bits per heavy atom. The number of aryl methyl sites for hydroxylation is 1. The number of benzene rings is 2. The molecular formula is C24H28F3N3O4. The third-order valence-corrected chi connectivity index (χ3v) is 5.21. The number of anilines is 1. The van der Waals surface area contributed by atoms with E-state index in [2.05, 4.69) is 20.0 Å². The number of alkyl halides is 2. The SMILES string of the molecule is COCCOc1cc2c(NC(C)c3cccc(C(F)(F)COC)c3F)nc(C)nc2cc1OC. The fourth-order valence-corrected chi connectivity index (χ4v) is 3.58. The van der Waals surface area contributed by atoms with Crippen molar-refractivity contribution in [3.05, 3.63) is 53.1 Å². The number of nitrogens with zero attached hydrogens (tertiary/aromatic N) is 2. The normalized spacial score (nSPS) is 12.6. The lowest BCUT2D eigenvalue weighted by Crippen LogP contribution is -2.23. The van der Waals surface area contributed by atoms with Gasteiger partial charge in [-0.2, -0.15) is 8.78 Å². The number of halogens is 3. The van der Waals surface area contributed by atoms with Crippen molar-refractivity contribution in [3.63, 3.8) is 0 Å². The lowest BCUT2D eigenvalue weighted by molar-refractivity contribution is -0.0722. The van der Waals surface area contributed by atoms with E-state index in [0.717, 1.165) is 13.2 Å². The van der Waals surface area contributed by atoms with Gasteiger partial charge in [-0.05, 0) is 26.0 Å². The van der Waals surface area contributed by atoms with Gasteiger partial charge in [0.1, 0.15) is 30.7 Å². The van der Waals surface area contributed by atoms with Gasteiger partial charge in [-0.25, -0.2) is 14.4 Å². The molecule has 0 bridgehead atoms. The summed E-state index contributed by atoms with van der Waals surface area (Å²) in [5, 5.41) is 3.74. The van der Waals surface area contributed by atoms with E-state index >= 15 is 4.39 Å². The van der Waals surface area contributed by atoms with Gasteiger partial charge in [0, 0.05) is 31.2 Å². The van der Waals surface area contributed by atoms with Crippen molar-refractivity contribution in [2.75, 3.05) is 46.5 Å². The Labute approximate surface area is 196 Å². The van der Waals surface area contributed by atoms with Crippen LogP contribution in [0.1, 0.15) is 29.9 Å². The number of methoxy groups -OCH3 is 3. The standard InChI is InChI=1S/C24H28F3N3O4/c1-14(16-7-6-8-18(22(16)25)24(26,27)13-32-4)28-23-17-11-21(34-10-9-31-3)20(33-5)12-19(17)29-15(2)30-23/h6-8,11-12,14H,9-10,13H2,1-5H3,(H,28,29,30). The molecule has 0 saturated carbocycles. The second-order valence-corrected chi connectivity index (χ2v) is 7.69. The average Bonchev–Trinajstić information content (AvgIpc) is 2.78. The van der Waals surface area contributed by atoms with E-state index in [1.54, 1.807) is 33.1 Å². The monoisotopic (exact) mass is 479 g/mol. The average molecular weight is 479 g/mol. The predicted octanol–water partition coefficient (Wildman–Crippen LogP) is 5.02. The molecule has 10 heteroatoms. The molecule has 0 amide bonds. The summed E-state index contributed by atoms with van der Waals surface area (Å²) in [6.07, 6.45) is 0. The Balaban J connectivity index is 2.00. The molecule has 7 nitrogen and oxygen atoms in total. The number of fused-ring (bicyclic) bond motifs is 1. The number of rotatable bonds is 11. The van der Waals surface area contributed by atoms with Crippen molar-refractivity contribution in [2.45, 2.75) is 25.8 Å². The quantitative estimate of drug-likeness (QED) is 0.387. The Kier molecular flexibility index (Phi) is 8.16. The molecule has 0 fully saturated rings. The minimum atomic E-state index is -3.46. The summed E-state index contributed by atoms with van der Waals surface area (Å²) in [4.78, 5) is 8.90. The summed E-state index contributed by atoms with van der Waals surface area (Å²) < 4.78 is 64.6. The number of hydrogen-bond acceptors (Lipinski definition) is 7. The van der Waals surface area contributed by atoms with Gasteiger partial charge in [-0.15, -0.1) is 0 Å². The van der Waals surface area contributed by atoms with E-state index in [4.69, 9.17) is 14.2 Å². The highest BCUT2D eigenvalue weighted by molar-refractivity contribution is 5.92. The first-order valence-corrected chi connectivity index (χ1v) is 10.6. The topological polar surface area (TPSA) is 74.7 Å². The van der Waals surface area contributed by atoms with E-state index in [9.17, 15) is 8.78 Å². The van der Waals surface area contributed by atoms with E-state index in [1.807, 2.05) is 0 Å². The molecule has 3 aromatic rings. The van der Waals surface area contributed by atoms with Crippen LogP contribution in [0.15, 0.2) is 30.3 Å². The lowest BCUT2D eigenvalue weighted by Gasteiger charge is -2.22. The van der Waals surface area contributed by atoms with Gasteiger partial charge in [0.05, 0.1) is 30.8 Å². The van der Waals surface area contributed by atoms with Crippen LogP contribution in [0.25, 0.3) is 10.9 Å². The van der Waals surface area contributed by atoms with Crippen LogP contribution < -0.4 is 14.8 Å². The van der Waals surface area contributed by atoms with Crippen LogP contribution in [0.5, 0.6) is 11.5 Å². The first-order valence-electron chi connectivity index (χ1n) is 10.6. The number of aromatic nitrogens is 2. The number of nitrogens with one attached hydrogen (secondary N) is 1. The number of ether oxygens (including phenoxy) is 4. The second-order valence-electron chi connectivity index (χ2n) is 7.69. The molecule has 1 atom stereocenters. The first kappa shape index (κ1) is 25.5. The summed E-state index contributed by atoms with van der Waals surface area (Å²) in [5.74, 6) is -2.63. The third-order valence-electron chi connectivity index (χ3n) is 5.21. The van der Waals surface area contributed by atoms with Crippen molar-refractivity contribution < 1.29 is 32.1 Å². The van der Waals surface area contributed by atoms with Gasteiger partial charge in [-0.1, -0.05) is 12.1 Å². The zero-order chi connectivity index (χ0) is 24.9. The van der Waals surface area contributed by atoms with Gasteiger partial charge < -0.3 is 24.3 Å². The van der Waals surface area contributed by atoms with Crippen LogP contribution in [0.3, 0.4) is 0 Å². The fraction of sp³-hybridized carbons (Fsp3) is 0.417. The molecule has 2 aromatic carbocycles. The van der Waals surface area contributed by atoms with Crippen molar-refractivity contribution in [2.24, 2.45) is 0 Å². The van der Waals surface area contributed by atoms with Crippen molar-refractivity contribution in [1.29, 1.82) is 0 Å². The smallest absolute Gasteiger partial charge is 0.298 e. The van der Waals surface area contributed by atoms with Crippen molar-refractivity contribution in [1.82, 2.24) is 9.97 Å². The van der Waals surface area contributed by atoms with Gasteiger partial charge in [-0.3, -0.25) is 0 Å². The van der Waals surface area contributed by atoms with E-state index in [-0.39, 0.29) is 5.56 Å². The zero-order valence-corrected chi connectivity index (χ0v) is 19.7. The highest BCUT2D eigenvalue weighted by atomic mass is 19.3. The molecule has 0 aliphatic heterocycles. The molecule has 1 unspecified atom stereocenters. The molecule has 1 N–H and O–H groups in total. The van der Waals surface area contributed by atoms with E-state index in [0.29, 0.717) is 47.3 Å². The summed E-state index contributed by atoms with van der Waals surface area (Å²) in [7, 11) is 4.24. The van der Waals surface area contributed by atoms with E-state index in [1.165, 1.54) is 19.2 Å². The van der Waals surface area contributed by atoms with Crippen LogP contribution in [0.2, 0.25) is 0 Å². The Hall–Kier alpha value is -3.11. The predicted molar refractivity (Wildman–Crippen MR) is 122 cm³/mol. The lowest BCUT2D eigenvalue weighted by atomic mass is 10.00. The largest absolute Gasteiger partial charge is 0.493 e. The van der Waals surface area contributed by atoms with Gasteiger partial charge in [0.15, 0.2) is 11.5 Å². The Bertz CT molecular complexity index is 1140. The van der Waals surface area contributed by atoms with Crippen LogP contribution in [0, 0.1) is 12.7 Å². The fourth-order valence-electron chi connectivity index (χ4n) is 3.58. The maximum Gasteiger partial charge on any atom is 0.298 e. The summed E-state index contributed by atoms with van der Waals surface area (Å²) in [5.41, 5.74) is -0.0652. The van der Waals surface area contributed by atoms with Gasteiger partial charge in [0.25, 0.3) is 5.92 Å². The molecule has 1 aromatic heterocycles. The molecule has 0 aliphatic rings. The minimum Gasteiger partial charge on any atom is -0.493 e. The second kappa shape index (κ2) is 10.9. The molecule has 1 heterocycles. The molecule has 0 aliphatic carbocycles. The molecule has 34 heavy (non-hydrogen) atoms. The first-order chi connectivity index (χ1) is 16.2. The molecular weight excluding hydrogens is 451 g/mol. The summed E-state index contributed by atoms with van der Waals surface area (Å²) in [6.45, 7) is 3.16. The van der Waals surface area contributed by atoms with Crippen LogP contribution in [-0.2, 0) is 15.4 Å². The van der Waals surface area contributed by atoms with Crippen molar-refractivity contribution in [3.8, 4) is 11.5 Å². The molecule has 184 valence electrons. The molecule has 3 rings (SSSR count). The van der Waals surface area contributed by atoms with Gasteiger partial charge >= 0.3 is 0 Å². The highest BCUT2D eigenvalue weighted by Crippen LogP contribution is 2.37. The number of hydrogen-bond donors (Lipinski definition) is 1. The molecule has 0 radical (unpaired) electrons. The third kappa shape index (κ3) is 5.51. The maximum absolute atomic E-state index is 15.1. The highest BCUT2D eigenvalue weighted by Gasteiger charge is 2.36. The maximum atomic E-state index is 15.1. The zero-order valence-electron chi connectivity index (χ0n) is 19.7. The summed E-state index contributed by atoms with van der Waals surface area (Å²) >= 11 is 0. The Morgan fingerprint density at radius 3 is 2.47 bits per heavy atom. The Morgan fingerprint density at radius 1 is 1.03 bits per heavy atom. The van der Waals surface area contributed by atoms with Crippen LogP contribution in [-0.4, -0.2) is 51.1 Å². The molecule has 0 saturated heterocycles.